The largest absolute Gasteiger partial charge is 0.485 e. The number of rotatable bonds is 10. The summed E-state index contributed by atoms with van der Waals surface area (Å²) in [6.45, 7) is 10.8. The second-order valence-corrected chi connectivity index (χ2v) is 11.1. The maximum atomic E-state index is 12.8. The van der Waals surface area contributed by atoms with Crippen molar-refractivity contribution in [3.8, 4) is 5.75 Å². The summed E-state index contributed by atoms with van der Waals surface area (Å²) in [5, 5.41) is 12.6. The third kappa shape index (κ3) is 5.65. The van der Waals surface area contributed by atoms with Crippen molar-refractivity contribution in [1.82, 2.24) is 14.8 Å². The van der Waals surface area contributed by atoms with Crippen LogP contribution in [0, 0.1) is 19.8 Å². The summed E-state index contributed by atoms with van der Waals surface area (Å²) in [7, 11) is 0. The van der Waals surface area contributed by atoms with Crippen LogP contribution >= 0.6 is 23.1 Å². The molecule has 3 N–H and O–H groups in total. The van der Waals surface area contributed by atoms with Gasteiger partial charge in [0.25, 0.3) is 5.91 Å². The van der Waals surface area contributed by atoms with Crippen LogP contribution in [0.4, 0.5) is 5.00 Å². The van der Waals surface area contributed by atoms with Gasteiger partial charge in [-0.15, -0.1) is 28.1 Å². The summed E-state index contributed by atoms with van der Waals surface area (Å²) in [5.74, 6) is 1.40. The van der Waals surface area contributed by atoms with Crippen molar-refractivity contribution in [1.29, 1.82) is 0 Å². The Morgan fingerprint density at radius 1 is 1.36 bits per heavy atom. The first kappa shape index (κ1) is 26.0. The minimum Gasteiger partial charge on any atom is -0.485 e. The lowest BCUT2D eigenvalue weighted by molar-refractivity contribution is -0.113. The van der Waals surface area contributed by atoms with Crippen molar-refractivity contribution in [2.75, 3.05) is 11.1 Å². The highest BCUT2D eigenvalue weighted by atomic mass is 32.2. The van der Waals surface area contributed by atoms with E-state index in [0.717, 1.165) is 46.6 Å². The zero-order chi connectivity index (χ0) is 25.8. The van der Waals surface area contributed by atoms with Crippen LogP contribution in [0.15, 0.2) is 36.0 Å². The van der Waals surface area contributed by atoms with Crippen molar-refractivity contribution < 1.29 is 14.3 Å². The molecule has 1 aromatic carbocycles. The fourth-order valence-corrected chi connectivity index (χ4v) is 6.46. The minimum absolute atomic E-state index is 0.115. The second-order valence-electron chi connectivity index (χ2n) is 9.04. The average molecular weight is 526 g/mol. The summed E-state index contributed by atoms with van der Waals surface area (Å²) < 4.78 is 7.89. The highest BCUT2D eigenvalue weighted by Gasteiger charge is 2.27. The maximum absolute atomic E-state index is 12.8. The van der Waals surface area contributed by atoms with E-state index < -0.39 is 5.91 Å². The number of nitrogens with one attached hydrogen (secondary N) is 1. The van der Waals surface area contributed by atoms with Crippen molar-refractivity contribution in [2.24, 2.45) is 11.7 Å². The molecule has 1 atom stereocenters. The monoisotopic (exact) mass is 525 g/mol. The van der Waals surface area contributed by atoms with Gasteiger partial charge in [-0.05, 0) is 61.8 Å². The van der Waals surface area contributed by atoms with Crippen molar-refractivity contribution in [3.63, 3.8) is 0 Å². The van der Waals surface area contributed by atoms with Gasteiger partial charge in [0.15, 0.2) is 11.0 Å². The molecule has 0 bridgehead atoms. The summed E-state index contributed by atoms with van der Waals surface area (Å²) in [6, 6.07) is 5.93. The van der Waals surface area contributed by atoms with Crippen LogP contribution in [0.1, 0.15) is 51.1 Å². The third-order valence-electron chi connectivity index (χ3n) is 6.36. The van der Waals surface area contributed by atoms with E-state index in [0.29, 0.717) is 34.0 Å². The summed E-state index contributed by atoms with van der Waals surface area (Å²) in [4.78, 5) is 26.1. The number of benzene rings is 1. The van der Waals surface area contributed by atoms with E-state index in [2.05, 4.69) is 29.0 Å². The molecule has 36 heavy (non-hydrogen) atoms. The number of ether oxygens (including phenoxy) is 1. The molecule has 0 saturated carbocycles. The topological polar surface area (TPSA) is 112 Å². The summed E-state index contributed by atoms with van der Waals surface area (Å²) >= 11 is 2.74. The predicted octanol–water partition coefficient (Wildman–Crippen LogP) is 4.68. The standard InChI is InChI=1S/C26H31N5O3S2/c1-5-11-31-21(13-34-19-8-6-7-16(3)17(19)4)29-30-26(31)35-14-22(32)28-25-23(24(27)33)18-10-9-15(2)12-20(18)36-25/h5-8,15H,1,9-14H2,2-4H3,(H2,27,33)(H,28,32). The van der Waals surface area contributed by atoms with Gasteiger partial charge in [0.1, 0.15) is 17.4 Å². The minimum atomic E-state index is -0.496. The first-order valence-corrected chi connectivity index (χ1v) is 13.7. The van der Waals surface area contributed by atoms with E-state index in [1.807, 2.05) is 36.6 Å². The number of hydrogen-bond acceptors (Lipinski definition) is 7. The molecule has 10 heteroatoms. The molecule has 2 aromatic heterocycles. The smallest absolute Gasteiger partial charge is 0.251 e. The number of fused-ring (bicyclic) bond motifs is 1. The fourth-order valence-electron chi connectivity index (χ4n) is 4.26. The van der Waals surface area contributed by atoms with Crippen LogP contribution < -0.4 is 15.8 Å². The van der Waals surface area contributed by atoms with Crippen LogP contribution in [0.2, 0.25) is 0 Å². The van der Waals surface area contributed by atoms with Gasteiger partial charge in [0.05, 0.1) is 11.3 Å². The Balaban J connectivity index is 1.43. The molecule has 0 fully saturated rings. The van der Waals surface area contributed by atoms with Gasteiger partial charge < -0.3 is 15.8 Å². The number of nitrogens with zero attached hydrogens (tertiary/aromatic N) is 3. The molecule has 190 valence electrons. The van der Waals surface area contributed by atoms with Gasteiger partial charge in [-0.25, -0.2) is 0 Å². The second kappa shape index (κ2) is 11.3. The summed E-state index contributed by atoms with van der Waals surface area (Å²) in [6.07, 6.45) is 4.49. The average Bonchev–Trinajstić information content (AvgIpc) is 3.38. The molecule has 0 radical (unpaired) electrons. The molecule has 4 rings (SSSR count). The van der Waals surface area contributed by atoms with Crippen LogP contribution in [-0.4, -0.2) is 32.3 Å². The van der Waals surface area contributed by atoms with E-state index in [-0.39, 0.29) is 18.3 Å². The van der Waals surface area contributed by atoms with Crippen LogP contribution in [-0.2, 0) is 30.8 Å². The van der Waals surface area contributed by atoms with Crippen LogP contribution in [0.3, 0.4) is 0 Å². The number of thiophene rings is 1. The highest BCUT2D eigenvalue weighted by Crippen LogP contribution is 2.39. The zero-order valence-electron chi connectivity index (χ0n) is 20.8. The molecule has 0 spiro atoms. The lowest BCUT2D eigenvalue weighted by Gasteiger charge is -2.18. The van der Waals surface area contributed by atoms with E-state index in [1.165, 1.54) is 23.1 Å². The number of carbonyl (C=O) groups is 2. The summed E-state index contributed by atoms with van der Waals surface area (Å²) in [5.41, 5.74) is 9.36. The quantitative estimate of drug-likeness (QED) is 0.294. The molecule has 0 aliphatic heterocycles. The first-order chi connectivity index (χ1) is 17.3. The van der Waals surface area contributed by atoms with Crippen molar-refractivity contribution in [2.45, 2.75) is 58.3 Å². The van der Waals surface area contributed by atoms with E-state index >= 15 is 0 Å². The number of thioether (sulfide) groups is 1. The normalized spacial score (nSPS) is 14.8. The van der Waals surface area contributed by atoms with E-state index in [9.17, 15) is 9.59 Å². The third-order valence-corrected chi connectivity index (χ3v) is 8.50. The zero-order valence-corrected chi connectivity index (χ0v) is 22.4. The SMILES string of the molecule is C=CCn1c(COc2cccc(C)c2C)nnc1SCC(=O)Nc1sc2c(c1C(N)=O)CCC(C)C2. The van der Waals surface area contributed by atoms with Crippen molar-refractivity contribution in [3.05, 3.63) is 63.8 Å². The number of allylic oxidation sites excluding steroid dienone is 1. The Morgan fingerprint density at radius 3 is 2.92 bits per heavy atom. The number of carbonyl (C=O) groups excluding carboxylic acids is 2. The van der Waals surface area contributed by atoms with E-state index in [1.54, 1.807) is 6.08 Å². The molecule has 1 unspecified atom stereocenters. The Hall–Kier alpha value is -3.11. The number of aryl methyl sites for hydroxylation is 1. The van der Waals surface area contributed by atoms with Gasteiger partial charge >= 0.3 is 0 Å². The van der Waals surface area contributed by atoms with Crippen molar-refractivity contribution >= 4 is 39.9 Å². The Morgan fingerprint density at radius 2 is 2.17 bits per heavy atom. The molecule has 1 aliphatic carbocycles. The molecule has 8 nitrogen and oxygen atoms in total. The highest BCUT2D eigenvalue weighted by molar-refractivity contribution is 7.99. The predicted molar refractivity (Wildman–Crippen MR) is 144 cm³/mol. The fraction of sp³-hybridized carbons (Fsp3) is 0.385. The van der Waals surface area contributed by atoms with Gasteiger partial charge in [0.2, 0.25) is 5.91 Å². The maximum Gasteiger partial charge on any atom is 0.251 e. The molecule has 1 aliphatic rings. The molecule has 2 amide bonds. The lowest BCUT2D eigenvalue weighted by Crippen LogP contribution is -2.20. The number of hydrogen-bond donors (Lipinski definition) is 2. The van der Waals surface area contributed by atoms with Gasteiger partial charge in [-0.2, -0.15) is 0 Å². The van der Waals surface area contributed by atoms with Crippen LogP contribution in [0.5, 0.6) is 5.75 Å². The van der Waals surface area contributed by atoms with Gasteiger partial charge in [-0.1, -0.05) is 36.9 Å². The molecule has 2 heterocycles. The molecular weight excluding hydrogens is 494 g/mol. The molecule has 3 aromatic rings. The number of primary amides is 1. The number of anilines is 1. The number of aromatic nitrogens is 3. The van der Waals surface area contributed by atoms with Gasteiger partial charge in [-0.3, -0.25) is 14.2 Å². The van der Waals surface area contributed by atoms with E-state index in [4.69, 9.17) is 10.5 Å². The molecule has 0 saturated heterocycles. The first-order valence-electron chi connectivity index (χ1n) is 11.9. The molecular formula is C26H31N5O3S2. The van der Waals surface area contributed by atoms with Gasteiger partial charge in [0, 0.05) is 11.4 Å². The number of nitrogens with two attached hydrogens (primary N) is 1. The Kier molecular flexibility index (Phi) is 8.15. The lowest BCUT2D eigenvalue weighted by atomic mass is 9.88. The van der Waals surface area contributed by atoms with Crippen LogP contribution in [0.25, 0.3) is 0 Å². The Labute approximate surface area is 219 Å². The Bertz CT molecular complexity index is 1300. The number of amides is 2.